The number of rotatable bonds is 5. The molecule has 174 valence electrons. The quantitative estimate of drug-likeness (QED) is 0.560. The summed E-state index contributed by atoms with van der Waals surface area (Å²) >= 11 is 0. The standard InChI is InChI=1S/C24H20FN3O5S/c25-18-7-8-22(29)21(12-18)23(30)17-11-16(14-26)24(31)28(15-17)19-5-4-6-20(13-19)34(32,33)27-9-2-1-3-10-27/h4-8,11-13,15,29H,1-3,9-10H2. The third-order valence-electron chi connectivity index (χ3n) is 5.65. The Morgan fingerprint density at radius 3 is 2.50 bits per heavy atom. The largest absolute Gasteiger partial charge is 0.507 e. The van der Waals surface area contributed by atoms with Gasteiger partial charge in [-0.1, -0.05) is 12.5 Å². The average Bonchev–Trinajstić information content (AvgIpc) is 2.86. The van der Waals surface area contributed by atoms with E-state index in [0.717, 1.165) is 54.3 Å². The normalized spacial score (nSPS) is 14.5. The van der Waals surface area contributed by atoms with Gasteiger partial charge in [0, 0.05) is 30.5 Å². The lowest BCUT2D eigenvalue weighted by Gasteiger charge is -2.26. The minimum Gasteiger partial charge on any atom is -0.507 e. The SMILES string of the molecule is N#Cc1cc(C(=O)c2cc(F)ccc2O)cn(-c2cccc(S(=O)(=O)N3CCCCC3)c2)c1=O. The van der Waals surface area contributed by atoms with E-state index >= 15 is 0 Å². The van der Waals surface area contributed by atoms with Gasteiger partial charge in [-0.15, -0.1) is 0 Å². The van der Waals surface area contributed by atoms with Crippen molar-refractivity contribution in [1.29, 1.82) is 5.26 Å². The van der Waals surface area contributed by atoms with Crippen LogP contribution in [0, 0.1) is 17.1 Å². The molecule has 0 unspecified atom stereocenters. The molecule has 1 aliphatic heterocycles. The van der Waals surface area contributed by atoms with Crippen molar-refractivity contribution >= 4 is 15.8 Å². The van der Waals surface area contributed by atoms with Crippen LogP contribution in [0.1, 0.15) is 40.7 Å². The van der Waals surface area contributed by atoms with Crippen molar-refractivity contribution in [2.24, 2.45) is 0 Å². The Balaban J connectivity index is 1.82. The van der Waals surface area contributed by atoms with E-state index in [0.29, 0.717) is 13.1 Å². The Morgan fingerprint density at radius 2 is 1.79 bits per heavy atom. The van der Waals surface area contributed by atoms with Crippen molar-refractivity contribution in [1.82, 2.24) is 8.87 Å². The number of sulfonamides is 1. The van der Waals surface area contributed by atoms with Crippen molar-refractivity contribution in [3.63, 3.8) is 0 Å². The van der Waals surface area contributed by atoms with Crippen molar-refractivity contribution in [2.45, 2.75) is 24.2 Å². The maximum absolute atomic E-state index is 13.7. The van der Waals surface area contributed by atoms with Crippen LogP contribution in [0.25, 0.3) is 5.69 Å². The molecule has 8 nitrogen and oxygen atoms in total. The molecule has 2 aromatic carbocycles. The number of aromatic nitrogens is 1. The highest BCUT2D eigenvalue weighted by molar-refractivity contribution is 7.89. The Morgan fingerprint density at radius 1 is 1.06 bits per heavy atom. The first-order chi connectivity index (χ1) is 16.2. The summed E-state index contributed by atoms with van der Waals surface area (Å²) in [4.78, 5) is 25.8. The monoisotopic (exact) mass is 481 g/mol. The van der Waals surface area contributed by atoms with Gasteiger partial charge in [0.25, 0.3) is 5.56 Å². The zero-order chi connectivity index (χ0) is 24.5. The number of piperidine rings is 1. The number of nitriles is 1. The first kappa shape index (κ1) is 23.4. The van der Waals surface area contributed by atoms with E-state index in [9.17, 15) is 32.8 Å². The van der Waals surface area contributed by atoms with Crippen molar-refractivity contribution < 1.29 is 22.7 Å². The Hall–Kier alpha value is -3.81. The predicted octanol–water partition coefficient (Wildman–Crippen LogP) is 2.96. The Labute approximate surface area is 195 Å². The van der Waals surface area contributed by atoms with Gasteiger partial charge in [0.05, 0.1) is 10.5 Å². The number of halogens is 1. The van der Waals surface area contributed by atoms with E-state index in [-0.39, 0.29) is 27.3 Å². The second kappa shape index (κ2) is 9.21. The zero-order valence-electron chi connectivity index (χ0n) is 17.9. The number of carbonyl (C=O) groups is 1. The summed E-state index contributed by atoms with van der Waals surface area (Å²) in [5.41, 5.74) is -1.48. The molecule has 1 N–H and O–H groups in total. The number of benzene rings is 2. The van der Waals surface area contributed by atoms with Crippen LogP contribution in [0.4, 0.5) is 4.39 Å². The summed E-state index contributed by atoms with van der Waals surface area (Å²) in [6.07, 6.45) is 3.63. The zero-order valence-corrected chi connectivity index (χ0v) is 18.8. The molecule has 1 fully saturated rings. The number of phenolic OH excluding ortho intramolecular Hbond substituents is 1. The van der Waals surface area contributed by atoms with Crippen LogP contribution >= 0.6 is 0 Å². The van der Waals surface area contributed by atoms with Crippen molar-refractivity contribution in [2.75, 3.05) is 13.1 Å². The van der Waals surface area contributed by atoms with Crippen LogP contribution in [0.15, 0.2) is 64.4 Å². The number of nitrogens with zero attached hydrogens (tertiary/aromatic N) is 3. The minimum absolute atomic E-state index is 0.0168. The highest BCUT2D eigenvalue weighted by atomic mass is 32.2. The fraction of sp³-hybridized carbons (Fsp3) is 0.208. The first-order valence-electron chi connectivity index (χ1n) is 10.5. The summed E-state index contributed by atoms with van der Waals surface area (Å²) in [5, 5.41) is 19.4. The summed E-state index contributed by atoms with van der Waals surface area (Å²) in [6, 6.07) is 11.3. The first-order valence-corrected chi connectivity index (χ1v) is 12.0. The van der Waals surface area contributed by atoms with Gasteiger partial charge in [-0.3, -0.25) is 14.2 Å². The van der Waals surface area contributed by atoms with Crippen molar-refractivity contribution in [3.8, 4) is 17.5 Å². The molecule has 3 aromatic rings. The average molecular weight is 482 g/mol. The molecular formula is C24H20FN3O5S. The van der Waals surface area contributed by atoms with Crippen LogP contribution in [0.2, 0.25) is 0 Å². The molecule has 0 radical (unpaired) electrons. The molecule has 0 bridgehead atoms. The van der Waals surface area contributed by atoms with E-state index in [1.165, 1.54) is 28.6 Å². The number of carbonyl (C=O) groups excluding carboxylic acids is 1. The van der Waals surface area contributed by atoms with E-state index in [1.54, 1.807) is 6.07 Å². The van der Waals surface area contributed by atoms with Gasteiger partial charge in [0.2, 0.25) is 10.0 Å². The molecule has 0 spiro atoms. The van der Waals surface area contributed by atoms with Crippen LogP contribution < -0.4 is 5.56 Å². The summed E-state index contributed by atoms with van der Waals surface area (Å²) in [7, 11) is -3.79. The molecule has 1 aliphatic rings. The fourth-order valence-electron chi connectivity index (χ4n) is 3.87. The number of pyridine rings is 1. The molecule has 0 saturated carbocycles. The second-order valence-corrected chi connectivity index (χ2v) is 9.82. The topological polar surface area (TPSA) is 120 Å². The van der Waals surface area contributed by atoms with E-state index in [1.807, 2.05) is 0 Å². The Bertz CT molecular complexity index is 1490. The van der Waals surface area contributed by atoms with E-state index in [4.69, 9.17) is 0 Å². The van der Waals surface area contributed by atoms with E-state index in [2.05, 4.69) is 0 Å². The predicted molar refractivity (Wildman–Crippen MR) is 121 cm³/mol. The second-order valence-electron chi connectivity index (χ2n) is 7.88. The third kappa shape index (κ3) is 4.35. The van der Waals surface area contributed by atoms with Crippen LogP contribution in [-0.2, 0) is 10.0 Å². The molecular weight excluding hydrogens is 461 g/mol. The molecule has 0 amide bonds. The number of hydrogen-bond donors (Lipinski definition) is 1. The maximum atomic E-state index is 13.7. The molecule has 4 rings (SSSR count). The van der Waals surface area contributed by atoms with Gasteiger partial charge < -0.3 is 5.11 Å². The number of hydrogen-bond acceptors (Lipinski definition) is 6. The lowest BCUT2D eigenvalue weighted by atomic mass is 10.0. The number of phenols is 1. The van der Waals surface area contributed by atoms with Gasteiger partial charge in [-0.05, 0) is 55.3 Å². The van der Waals surface area contributed by atoms with Gasteiger partial charge in [-0.2, -0.15) is 9.57 Å². The lowest BCUT2D eigenvalue weighted by Crippen LogP contribution is -2.35. The van der Waals surface area contributed by atoms with Gasteiger partial charge >= 0.3 is 0 Å². The fourth-order valence-corrected chi connectivity index (χ4v) is 5.43. The molecule has 0 aliphatic carbocycles. The van der Waals surface area contributed by atoms with Crippen LogP contribution in [0.3, 0.4) is 0 Å². The molecule has 2 heterocycles. The highest BCUT2D eigenvalue weighted by Gasteiger charge is 2.26. The summed E-state index contributed by atoms with van der Waals surface area (Å²) in [5.74, 6) is -2.01. The smallest absolute Gasteiger partial charge is 0.273 e. The highest BCUT2D eigenvalue weighted by Crippen LogP contribution is 2.24. The molecule has 1 aromatic heterocycles. The lowest BCUT2D eigenvalue weighted by molar-refractivity contribution is 0.103. The maximum Gasteiger partial charge on any atom is 0.273 e. The van der Waals surface area contributed by atoms with E-state index < -0.39 is 32.9 Å². The number of ketones is 1. The molecule has 0 atom stereocenters. The molecule has 1 saturated heterocycles. The van der Waals surface area contributed by atoms with Crippen LogP contribution in [-0.4, -0.2) is 41.3 Å². The Kier molecular flexibility index (Phi) is 6.32. The molecule has 34 heavy (non-hydrogen) atoms. The van der Waals surface area contributed by atoms with Crippen molar-refractivity contribution in [3.05, 3.63) is 87.6 Å². The van der Waals surface area contributed by atoms with Gasteiger partial charge in [-0.25, -0.2) is 12.8 Å². The summed E-state index contributed by atoms with van der Waals surface area (Å²) < 4.78 is 42.2. The minimum atomic E-state index is -3.79. The van der Waals surface area contributed by atoms with Gasteiger partial charge in [0.1, 0.15) is 23.2 Å². The third-order valence-corrected chi connectivity index (χ3v) is 7.55. The van der Waals surface area contributed by atoms with Gasteiger partial charge in [0.15, 0.2) is 5.78 Å². The van der Waals surface area contributed by atoms with Crippen LogP contribution in [0.5, 0.6) is 5.75 Å². The molecule has 10 heteroatoms. The number of aromatic hydroxyl groups is 1. The summed E-state index contributed by atoms with van der Waals surface area (Å²) in [6.45, 7) is 0.818.